The second kappa shape index (κ2) is 8.40. The average molecular weight is 456 g/mol. The molecular weight excluding hydrogens is 436 g/mol. The Balaban J connectivity index is 1.69. The molecule has 1 atom stereocenters. The van der Waals surface area contributed by atoms with Crippen LogP contribution >= 0.6 is 0 Å². The number of carbonyl (C=O) groups is 2. The minimum Gasteiger partial charge on any atom is -0.497 e. The lowest BCUT2D eigenvalue weighted by atomic mass is 9.98. The molecule has 1 unspecified atom stereocenters. The Hall–Kier alpha value is -4.59. The summed E-state index contributed by atoms with van der Waals surface area (Å²) in [7, 11) is 1.54. The first-order valence-electron chi connectivity index (χ1n) is 10.5. The Morgan fingerprint density at radius 3 is 2.50 bits per heavy atom. The highest BCUT2D eigenvalue weighted by Crippen LogP contribution is 2.42. The maximum absolute atomic E-state index is 13.6. The summed E-state index contributed by atoms with van der Waals surface area (Å²) in [6, 6.07) is 20.0. The van der Waals surface area contributed by atoms with Crippen LogP contribution in [0.2, 0.25) is 0 Å². The summed E-state index contributed by atoms with van der Waals surface area (Å²) in [5.41, 5.74) is 6.71. The summed E-state index contributed by atoms with van der Waals surface area (Å²) >= 11 is 0. The van der Waals surface area contributed by atoms with E-state index >= 15 is 0 Å². The first-order valence-corrected chi connectivity index (χ1v) is 10.5. The van der Waals surface area contributed by atoms with Gasteiger partial charge in [-0.1, -0.05) is 30.3 Å². The molecule has 0 saturated carbocycles. The van der Waals surface area contributed by atoms with Gasteiger partial charge in [0.25, 0.3) is 11.8 Å². The Morgan fingerprint density at radius 2 is 1.76 bits per heavy atom. The van der Waals surface area contributed by atoms with E-state index in [0.717, 1.165) is 0 Å². The normalized spacial score (nSPS) is 14.8. The predicted octanol–water partition coefficient (Wildman–Crippen LogP) is 3.42. The number of fused-ring (bicyclic) bond motifs is 2. The molecule has 0 aliphatic carbocycles. The molecule has 2 heterocycles. The summed E-state index contributed by atoms with van der Waals surface area (Å²) in [6.45, 7) is -0.254. The third kappa shape index (κ3) is 3.55. The molecular formula is C26H20N2O6. The number of carbonyl (C=O) groups excluding carboxylic acids is 2. The molecule has 2 N–H and O–H groups in total. The highest BCUT2D eigenvalue weighted by atomic mass is 16.5. The van der Waals surface area contributed by atoms with Crippen LogP contribution in [0.3, 0.4) is 0 Å². The van der Waals surface area contributed by atoms with E-state index in [2.05, 4.69) is 0 Å². The van der Waals surface area contributed by atoms with Crippen LogP contribution in [0.1, 0.15) is 27.7 Å². The third-order valence-electron chi connectivity index (χ3n) is 5.69. The van der Waals surface area contributed by atoms with Gasteiger partial charge in [-0.2, -0.15) is 0 Å². The lowest BCUT2D eigenvalue weighted by molar-refractivity contribution is -0.119. The van der Waals surface area contributed by atoms with E-state index in [-0.39, 0.29) is 23.4 Å². The number of hydrogen-bond acceptors (Lipinski definition) is 6. The zero-order valence-corrected chi connectivity index (χ0v) is 18.2. The van der Waals surface area contributed by atoms with Crippen molar-refractivity contribution in [3.05, 3.63) is 99.9 Å². The molecule has 0 spiro atoms. The van der Waals surface area contributed by atoms with Crippen LogP contribution in [0.5, 0.6) is 11.5 Å². The first-order chi connectivity index (χ1) is 16.5. The van der Waals surface area contributed by atoms with Crippen molar-refractivity contribution < 1.29 is 23.5 Å². The molecule has 1 aliphatic heterocycles. The second-order valence-corrected chi connectivity index (χ2v) is 7.77. The van der Waals surface area contributed by atoms with Gasteiger partial charge in [0.05, 0.1) is 24.1 Å². The third-order valence-corrected chi connectivity index (χ3v) is 5.69. The fourth-order valence-corrected chi connectivity index (χ4v) is 4.16. The Bertz CT molecular complexity index is 1480. The van der Waals surface area contributed by atoms with Crippen LogP contribution in [-0.4, -0.2) is 25.5 Å². The van der Waals surface area contributed by atoms with Crippen LogP contribution in [0.4, 0.5) is 5.69 Å². The van der Waals surface area contributed by atoms with E-state index in [0.29, 0.717) is 33.7 Å². The molecule has 3 aromatic carbocycles. The van der Waals surface area contributed by atoms with Gasteiger partial charge in [-0.25, -0.2) is 0 Å². The lowest BCUT2D eigenvalue weighted by Gasteiger charge is -2.25. The standard InChI is InChI=1S/C26H20N2O6/c1-32-18-6-4-5-16(13-18)28-23(15-9-11-17(12-10-15)33-14-21(27)29)22-24(30)19-7-2-3-8-20(19)34-25(22)26(28)31/h2-13,23H,14H2,1H3,(H2,27,29). The van der Waals surface area contributed by atoms with Crippen LogP contribution < -0.4 is 25.5 Å². The molecule has 0 fully saturated rings. The first kappa shape index (κ1) is 21.3. The fourth-order valence-electron chi connectivity index (χ4n) is 4.16. The maximum atomic E-state index is 13.6. The number of anilines is 1. The number of para-hydroxylation sites is 1. The SMILES string of the molecule is COc1cccc(N2C(=O)c3oc4ccccc4c(=O)c3C2c2ccc(OCC(N)=O)cc2)c1. The van der Waals surface area contributed by atoms with Crippen molar-refractivity contribution in [1.82, 2.24) is 0 Å². The lowest BCUT2D eigenvalue weighted by Crippen LogP contribution is -2.29. The van der Waals surface area contributed by atoms with Gasteiger partial charge in [0.15, 0.2) is 12.0 Å². The molecule has 4 aromatic rings. The zero-order valence-electron chi connectivity index (χ0n) is 18.2. The molecule has 2 amide bonds. The van der Waals surface area contributed by atoms with Crippen LogP contribution in [0.25, 0.3) is 11.0 Å². The van der Waals surface area contributed by atoms with E-state index in [1.54, 1.807) is 79.9 Å². The van der Waals surface area contributed by atoms with Gasteiger partial charge < -0.3 is 19.6 Å². The van der Waals surface area contributed by atoms with Gasteiger partial charge in [0, 0.05) is 11.8 Å². The Morgan fingerprint density at radius 1 is 1.00 bits per heavy atom. The van der Waals surface area contributed by atoms with Gasteiger partial charge in [0.2, 0.25) is 5.76 Å². The zero-order chi connectivity index (χ0) is 23.8. The number of nitrogens with zero attached hydrogens (tertiary/aromatic N) is 1. The number of benzene rings is 3. The van der Waals surface area contributed by atoms with Crippen molar-refractivity contribution >= 4 is 28.5 Å². The summed E-state index contributed by atoms with van der Waals surface area (Å²) in [5.74, 6) is -0.00552. The highest BCUT2D eigenvalue weighted by Gasteiger charge is 2.43. The molecule has 170 valence electrons. The van der Waals surface area contributed by atoms with Crippen molar-refractivity contribution in [3.63, 3.8) is 0 Å². The molecule has 34 heavy (non-hydrogen) atoms. The van der Waals surface area contributed by atoms with Crippen LogP contribution in [0.15, 0.2) is 82.0 Å². The van der Waals surface area contributed by atoms with Crippen molar-refractivity contribution in [3.8, 4) is 11.5 Å². The van der Waals surface area contributed by atoms with E-state index in [4.69, 9.17) is 19.6 Å². The van der Waals surface area contributed by atoms with Crippen LogP contribution in [0, 0.1) is 0 Å². The number of methoxy groups -OCH3 is 1. The molecule has 1 aliphatic rings. The minimum absolute atomic E-state index is 0.00516. The fraction of sp³-hybridized carbons (Fsp3) is 0.115. The van der Waals surface area contributed by atoms with Gasteiger partial charge in [-0.15, -0.1) is 0 Å². The second-order valence-electron chi connectivity index (χ2n) is 7.77. The van der Waals surface area contributed by atoms with E-state index in [1.165, 1.54) is 4.90 Å². The summed E-state index contributed by atoms with van der Waals surface area (Å²) in [6.07, 6.45) is 0. The quantitative estimate of drug-likeness (QED) is 0.476. The number of hydrogen-bond donors (Lipinski definition) is 1. The van der Waals surface area contributed by atoms with Gasteiger partial charge in [-0.3, -0.25) is 19.3 Å². The average Bonchev–Trinajstić information content (AvgIpc) is 3.15. The smallest absolute Gasteiger partial charge is 0.295 e. The molecule has 0 bridgehead atoms. The monoisotopic (exact) mass is 456 g/mol. The van der Waals surface area contributed by atoms with E-state index < -0.39 is 17.9 Å². The topological polar surface area (TPSA) is 112 Å². The molecule has 8 heteroatoms. The number of nitrogens with two attached hydrogens (primary N) is 1. The maximum Gasteiger partial charge on any atom is 0.295 e. The molecule has 0 saturated heterocycles. The number of amides is 2. The van der Waals surface area contributed by atoms with Crippen LogP contribution in [-0.2, 0) is 4.79 Å². The van der Waals surface area contributed by atoms with Gasteiger partial charge in [-0.05, 0) is 42.0 Å². The van der Waals surface area contributed by atoms with E-state index in [1.807, 2.05) is 0 Å². The van der Waals surface area contributed by atoms with Crippen molar-refractivity contribution in [2.75, 3.05) is 18.6 Å². The number of ether oxygens (including phenoxy) is 2. The predicted molar refractivity (Wildman–Crippen MR) is 125 cm³/mol. The summed E-state index contributed by atoms with van der Waals surface area (Å²) in [4.78, 5) is 39.7. The van der Waals surface area contributed by atoms with Gasteiger partial charge >= 0.3 is 0 Å². The van der Waals surface area contributed by atoms with Gasteiger partial charge in [0.1, 0.15) is 17.1 Å². The summed E-state index contributed by atoms with van der Waals surface area (Å²) < 4.78 is 16.6. The number of rotatable bonds is 6. The highest BCUT2D eigenvalue weighted by molar-refractivity contribution is 6.10. The largest absolute Gasteiger partial charge is 0.497 e. The summed E-state index contributed by atoms with van der Waals surface area (Å²) in [5, 5.41) is 0.396. The van der Waals surface area contributed by atoms with E-state index in [9.17, 15) is 14.4 Å². The molecule has 8 nitrogen and oxygen atoms in total. The molecule has 0 radical (unpaired) electrons. The number of primary amides is 1. The van der Waals surface area contributed by atoms with Crippen molar-refractivity contribution in [2.45, 2.75) is 6.04 Å². The Labute approximate surface area is 194 Å². The Kier molecular flexibility index (Phi) is 5.25. The van der Waals surface area contributed by atoms with Crippen molar-refractivity contribution in [1.29, 1.82) is 0 Å². The molecule has 1 aromatic heterocycles. The molecule has 5 rings (SSSR count). The van der Waals surface area contributed by atoms with Crippen molar-refractivity contribution in [2.24, 2.45) is 5.73 Å². The minimum atomic E-state index is -0.736.